The molecule has 258 valence electrons. The first-order valence-corrected chi connectivity index (χ1v) is 17.6. The summed E-state index contributed by atoms with van der Waals surface area (Å²) in [4.78, 5) is 15.5. The molecule has 7 rings (SSSR count). The smallest absolute Gasteiger partial charge is 0.255 e. The van der Waals surface area contributed by atoms with Gasteiger partial charge in [0.15, 0.2) is 17.3 Å². The molecule has 2 atom stereocenters. The van der Waals surface area contributed by atoms with Gasteiger partial charge in [0.25, 0.3) is 5.91 Å². The van der Waals surface area contributed by atoms with Crippen molar-refractivity contribution in [2.75, 3.05) is 39.4 Å². The van der Waals surface area contributed by atoms with Crippen LogP contribution >= 0.6 is 11.6 Å². The van der Waals surface area contributed by atoms with Gasteiger partial charge in [-0.25, -0.2) is 4.68 Å². The minimum absolute atomic E-state index is 0.0688. The SMILES string of the molecule is O=C(NC[C@@H]1CCN(CCCc2nnnn2C(c2ccccc2)(c2ccccc2)c2ccccc2)C[C@H]1O)c1cc(Cl)cc2c1OCCCO2. The van der Waals surface area contributed by atoms with E-state index in [-0.39, 0.29) is 11.8 Å². The van der Waals surface area contributed by atoms with Crippen LogP contribution in [-0.4, -0.2) is 81.6 Å². The van der Waals surface area contributed by atoms with E-state index in [4.69, 9.17) is 21.1 Å². The van der Waals surface area contributed by atoms with Crippen LogP contribution in [0.3, 0.4) is 0 Å². The summed E-state index contributed by atoms with van der Waals surface area (Å²) in [5, 5.41) is 27.9. The van der Waals surface area contributed by atoms with Gasteiger partial charge in [0.2, 0.25) is 0 Å². The average molecular weight is 693 g/mol. The van der Waals surface area contributed by atoms with Gasteiger partial charge in [0.05, 0.1) is 24.9 Å². The first-order valence-electron chi connectivity index (χ1n) is 17.3. The van der Waals surface area contributed by atoms with Crippen LogP contribution in [0.25, 0.3) is 0 Å². The zero-order valence-corrected chi connectivity index (χ0v) is 28.6. The highest BCUT2D eigenvalue weighted by Gasteiger charge is 2.41. The van der Waals surface area contributed by atoms with Gasteiger partial charge in [0.1, 0.15) is 5.54 Å². The number of ether oxygens (including phenoxy) is 2. The molecule has 1 fully saturated rings. The zero-order valence-electron chi connectivity index (χ0n) is 27.8. The number of hydrogen-bond acceptors (Lipinski definition) is 8. The zero-order chi connectivity index (χ0) is 34.3. The molecule has 2 aliphatic heterocycles. The summed E-state index contributed by atoms with van der Waals surface area (Å²) in [6, 6.07) is 34.4. The molecular formula is C39H41ClN6O4. The van der Waals surface area contributed by atoms with Crippen molar-refractivity contribution in [3.8, 4) is 11.5 Å². The first-order chi connectivity index (χ1) is 24.5. The van der Waals surface area contributed by atoms with Crippen molar-refractivity contribution in [1.82, 2.24) is 30.4 Å². The maximum atomic E-state index is 13.2. The van der Waals surface area contributed by atoms with Crippen LogP contribution in [0.2, 0.25) is 5.02 Å². The van der Waals surface area contributed by atoms with Crippen LogP contribution in [0.4, 0.5) is 0 Å². The highest BCUT2D eigenvalue weighted by atomic mass is 35.5. The van der Waals surface area contributed by atoms with Gasteiger partial charge in [-0.15, -0.1) is 5.10 Å². The van der Waals surface area contributed by atoms with E-state index in [1.165, 1.54) is 0 Å². The van der Waals surface area contributed by atoms with E-state index in [2.05, 4.69) is 98.5 Å². The number of aryl methyl sites for hydroxylation is 1. The van der Waals surface area contributed by atoms with Crippen LogP contribution in [0.5, 0.6) is 11.5 Å². The number of carbonyl (C=O) groups is 1. The number of aromatic nitrogens is 4. The Morgan fingerprint density at radius 1 is 0.920 bits per heavy atom. The molecule has 4 aromatic carbocycles. The molecule has 1 amide bonds. The lowest BCUT2D eigenvalue weighted by atomic mass is 9.77. The predicted molar refractivity (Wildman–Crippen MR) is 191 cm³/mol. The number of β-amino-alcohol motifs (C(OH)–C–C–N with tert-alkyl or cyclic N) is 1. The van der Waals surface area contributed by atoms with E-state index in [1.807, 2.05) is 22.9 Å². The van der Waals surface area contributed by atoms with E-state index in [9.17, 15) is 9.90 Å². The number of likely N-dealkylation sites (tertiary alicyclic amines) is 1. The fraction of sp³-hybridized carbons (Fsp3) is 0.333. The molecule has 10 nitrogen and oxygen atoms in total. The summed E-state index contributed by atoms with van der Waals surface area (Å²) in [5.74, 6) is 1.32. The Kier molecular flexibility index (Phi) is 10.4. The fourth-order valence-corrected chi connectivity index (χ4v) is 7.41. The van der Waals surface area contributed by atoms with E-state index < -0.39 is 11.6 Å². The molecule has 2 aliphatic rings. The Balaban J connectivity index is 1.01. The van der Waals surface area contributed by atoms with E-state index in [0.717, 1.165) is 54.9 Å². The number of benzene rings is 4. The lowest BCUT2D eigenvalue weighted by Gasteiger charge is -2.37. The van der Waals surface area contributed by atoms with E-state index in [0.29, 0.717) is 54.8 Å². The lowest BCUT2D eigenvalue weighted by Crippen LogP contribution is -2.48. The van der Waals surface area contributed by atoms with Crippen molar-refractivity contribution in [3.63, 3.8) is 0 Å². The number of tetrazole rings is 1. The normalized spacial score (nSPS) is 18.0. The molecule has 0 bridgehead atoms. The summed E-state index contributed by atoms with van der Waals surface area (Å²) in [6.07, 6.45) is 2.37. The topological polar surface area (TPSA) is 115 Å². The van der Waals surface area contributed by atoms with Gasteiger partial charge in [-0.2, -0.15) is 0 Å². The average Bonchev–Trinajstić information content (AvgIpc) is 3.48. The molecule has 5 aromatic rings. The number of nitrogens with one attached hydrogen (secondary N) is 1. The monoisotopic (exact) mass is 692 g/mol. The van der Waals surface area contributed by atoms with Gasteiger partial charge < -0.3 is 24.8 Å². The van der Waals surface area contributed by atoms with Crippen molar-refractivity contribution in [1.29, 1.82) is 0 Å². The maximum Gasteiger partial charge on any atom is 0.255 e. The van der Waals surface area contributed by atoms with Gasteiger partial charge in [-0.1, -0.05) is 103 Å². The van der Waals surface area contributed by atoms with Gasteiger partial charge in [-0.05, 0) is 59.1 Å². The van der Waals surface area contributed by atoms with Crippen LogP contribution in [0, 0.1) is 5.92 Å². The summed E-state index contributed by atoms with van der Waals surface area (Å²) in [5.41, 5.74) is 2.77. The largest absolute Gasteiger partial charge is 0.489 e. The highest BCUT2D eigenvalue weighted by molar-refractivity contribution is 6.31. The Hall–Kier alpha value is -4.77. The minimum atomic E-state index is -0.773. The van der Waals surface area contributed by atoms with E-state index >= 15 is 0 Å². The molecule has 0 spiro atoms. The molecule has 0 radical (unpaired) electrons. The Morgan fingerprint density at radius 2 is 1.56 bits per heavy atom. The summed E-state index contributed by atoms with van der Waals surface area (Å²) in [7, 11) is 0. The number of nitrogens with zero attached hydrogens (tertiary/aromatic N) is 5. The number of rotatable bonds is 11. The lowest BCUT2D eigenvalue weighted by molar-refractivity contribution is 0.0217. The second-order valence-electron chi connectivity index (χ2n) is 12.9. The van der Waals surface area contributed by atoms with Crippen molar-refractivity contribution in [2.24, 2.45) is 5.92 Å². The number of amides is 1. The second-order valence-corrected chi connectivity index (χ2v) is 13.3. The molecule has 0 unspecified atom stereocenters. The van der Waals surface area contributed by atoms with Gasteiger partial charge >= 0.3 is 0 Å². The van der Waals surface area contributed by atoms with Crippen molar-refractivity contribution in [2.45, 2.75) is 37.3 Å². The van der Waals surface area contributed by atoms with Crippen LogP contribution < -0.4 is 14.8 Å². The number of aliphatic hydroxyl groups excluding tert-OH is 1. The first kappa shape index (κ1) is 33.7. The molecule has 0 saturated carbocycles. The molecule has 3 heterocycles. The van der Waals surface area contributed by atoms with Crippen LogP contribution in [-0.2, 0) is 12.0 Å². The highest BCUT2D eigenvalue weighted by Crippen LogP contribution is 2.41. The van der Waals surface area contributed by atoms with E-state index in [1.54, 1.807) is 12.1 Å². The Bertz CT molecular complexity index is 1780. The number of aliphatic hydroxyl groups is 1. The third-order valence-corrected chi connectivity index (χ3v) is 9.91. The molecule has 11 heteroatoms. The maximum absolute atomic E-state index is 13.2. The second kappa shape index (κ2) is 15.4. The fourth-order valence-electron chi connectivity index (χ4n) is 7.20. The standard InChI is InChI=1S/C39H41ClN6O4/c40-32-24-33(37-35(25-32)49-22-11-23-50-37)38(48)41-26-28-19-21-45(27-34(28)47)20-10-18-36-42-43-44-46(36)39(29-12-4-1-5-13-29,30-14-6-2-7-15-30)31-16-8-3-9-17-31/h1-9,12-17,24-25,28,34,47H,10-11,18-23,26-27H2,(H,41,48)/t28-,34+/m0/s1. The summed E-state index contributed by atoms with van der Waals surface area (Å²) < 4.78 is 13.5. The predicted octanol–water partition coefficient (Wildman–Crippen LogP) is 5.37. The van der Waals surface area contributed by atoms with Crippen molar-refractivity contribution >= 4 is 17.5 Å². The number of hydrogen-bond donors (Lipinski definition) is 2. The molecule has 50 heavy (non-hydrogen) atoms. The third kappa shape index (κ3) is 6.96. The number of fused-ring (bicyclic) bond motifs is 1. The van der Waals surface area contributed by atoms with Gasteiger partial charge in [0, 0.05) is 42.9 Å². The minimum Gasteiger partial charge on any atom is -0.489 e. The number of piperidine rings is 1. The van der Waals surface area contributed by atoms with Crippen LogP contribution in [0.1, 0.15) is 52.1 Å². The summed E-state index contributed by atoms with van der Waals surface area (Å²) >= 11 is 6.28. The molecule has 1 saturated heterocycles. The Labute approximate surface area is 297 Å². The number of halogens is 1. The summed E-state index contributed by atoms with van der Waals surface area (Å²) in [6.45, 7) is 3.45. The molecule has 1 aromatic heterocycles. The molecule has 2 N–H and O–H groups in total. The molecular weight excluding hydrogens is 652 g/mol. The van der Waals surface area contributed by atoms with Crippen molar-refractivity contribution in [3.05, 3.63) is 136 Å². The van der Waals surface area contributed by atoms with Crippen LogP contribution in [0.15, 0.2) is 103 Å². The quantitative estimate of drug-likeness (QED) is 0.178. The van der Waals surface area contributed by atoms with Crippen molar-refractivity contribution < 1.29 is 19.4 Å². The third-order valence-electron chi connectivity index (χ3n) is 9.69. The molecule has 0 aliphatic carbocycles. The Morgan fingerprint density at radius 3 is 2.20 bits per heavy atom. The van der Waals surface area contributed by atoms with Gasteiger partial charge in [-0.3, -0.25) is 4.79 Å². The number of carbonyl (C=O) groups excluding carboxylic acids is 1.